The van der Waals surface area contributed by atoms with E-state index in [2.05, 4.69) is 10.6 Å². The van der Waals surface area contributed by atoms with Crippen molar-refractivity contribution in [2.75, 3.05) is 25.0 Å². The molecule has 1 aliphatic rings. The number of para-hydroxylation sites is 1. The van der Waals surface area contributed by atoms with Gasteiger partial charge in [0, 0.05) is 12.3 Å². The quantitative estimate of drug-likeness (QED) is 0.755. The average Bonchev–Trinajstić information content (AvgIpc) is 2.89. The highest BCUT2D eigenvalue weighted by molar-refractivity contribution is 5.92. The number of nitrogens with one attached hydrogen (secondary N) is 2. The normalized spacial score (nSPS) is 18.8. The third-order valence-electron chi connectivity index (χ3n) is 3.01. The zero-order valence-corrected chi connectivity index (χ0v) is 10.5. The van der Waals surface area contributed by atoms with E-state index in [-0.39, 0.29) is 5.91 Å². The molecule has 0 spiro atoms. The van der Waals surface area contributed by atoms with Gasteiger partial charge in [-0.2, -0.15) is 0 Å². The molecule has 0 radical (unpaired) electrons. The van der Waals surface area contributed by atoms with E-state index in [1.165, 1.54) is 6.42 Å². The number of carbonyl (C=O) groups is 1. The SMILES string of the molecule is O=C(CNCCC1CCCO1)Nc1ccccc1. The molecular formula is C14H20N2O2. The van der Waals surface area contributed by atoms with Gasteiger partial charge >= 0.3 is 0 Å². The fourth-order valence-corrected chi connectivity index (χ4v) is 2.06. The van der Waals surface area contributed by atoms with Gasteiger partial charge in [0.15, 0.2) is 0 Å². The Hall–Kier alpha value is -1.39. The second-order valence-corrected chi connectivity index (χ2v) is 4.51. The van der Waals surface area contributed by atoms with E-state index in [0.29, 0.717) is 12.6 Å². The molecule has 2 N–H and O–H groups in total. The van der Waals surface area contributed by atoms with Crippen LogP contribution in [-0.2, 0) is 9.53 Å². The predicted molar refractivity (Wildman–Crippen MR) is 71.5 cm³/mol. The lowest BCUT2D eigenvalue weighted by Crippen LogP contribution is -2.30. The molecule has 1 aromatic carbocycles. The van der Waals surface area contributed by atoms with E-state index >= 15 is 0 Å². The van der Waals surface area contributed by atoms with E-state index in [1.54, 1.807) is 0 Å². The lowest BCUT2D eigenvalue weighted by Gasteiger charge is -2.10. The maximum atomic E-state index is 11.6. The summed E-state index contributed by atoms with van der Waals surface area (Å²) in [7, 11) is 0. The fraction of sp³-hybridized carbons (Fsp3) is 0.500. The van der Waals surface area contributed by atoms with Crippen LogP contribution in [0.15, 0.2) is 30.3 Å². The first-order valence-corrected chi connectivity index (χ1v) is 6.52. The summed E-state index contributed by atoms with van der Waals surface area (Å²) in [5, 5.41) is 5.98. The van der Waals surface area contributed by atoms with Gasteiger partial charge in [0.05, 0.1) is 12.6 Å². The van der Waals surface area contributed by atoms with Crippen LogP contribution in [0.2, 0.25) is 0 Å². The average molecular weight is 248 g/mol. The molecule has 1 aromatic rings. The van der Waals surface area contributed by atoms with Crippen molar-refractivity contribution >= 4 is 11.6 Å². The summed E-state index contributed by atoms with van der Waals surface area (Å²) in [6.07, 6.45) is 3.69. The Balaban J connectivity index is 1.57. The Morgan fingerprint density at radius 1 is 1.33 bits per heavy atom. The van der Waals surface area contributed by atoms with Crippen molar-refractivity contribution < 1.29 is 9.53 Å². The number of anilines is 1. The molecule has 1 amide bonds. The predicted octanol–water partition coefficient (Wildman–Crippen LogP) is 1.78. The van der Waals surface area contributed by atoms with Crippen molar-refractivity contribution in [3.63, 3.8) is 0 Å². The van der Waals surface area contributed by atoms with Crippen LogP contribution in [-0.4, -0.2) is 31.7 Å². The molecule has 0 bridgehead atoms. The molecule has 4 heteroatoms. The maximum Gasteiger partial charge on any atom is 0.238 e. The first kappa shape index (κ1) is 13.1. The van der Waals surface area contributed by atoms with Crippen LogP contribution < -0.4 is 10.6 Å². The van der Waals surface area contributed by atoms with E-state index < -0.39 is 0 Å². The van der Waals surface area contributed by atoms with E-state index in [9.17, 15) is 4.79 Å². The summed E-state index contributed by atoms with van der Waals surface area (Å²) in [4.78, 5) is 11.6. The Kier molecular flexibility index (Phi) is 5.17. The lowest BCUT2D eigenvalue weighted by atomic mass is 10.2. The first-order chi connectivity index (χ1) is 8.84. The van der Waals surface area contributed by atoms with Crippen LogP contribution in [0.5, 0.6) is 0 Å². The van der Waals surface area contributed by atoms with Crippen molar-refractivity contribution in [1.82, 2.24) is 5.32 Å². The van der Waals surface area contributed by atoms with Gasteiger partial charge in [-0.05, 0) is 37.9 Å². The van der Waals surface area contributed by atoms with Gasteiger partial charge in [0.2, 0.25) is 5.91 Å². The van der Waals surface area contributed by atoms with Crippen LogP contribution >= 0.6 is 0 Å². The number of hydrogen-bond donors (Lipinski definition) is 2. The van der Waals surface area contributed by atoms with Gasteiger partial charge in [0.1, 0.15) is 0 Å². The van der Waals surface area contributed by atoms with Crippen molar-refractivity contribution in [2.45, 2.75) is 25.4 Å². The van der Waals surface area contributed by atoms with Crippen LogP contribution in [0.1, 0.15) is 19.3 Å². The lowest BCUT2D eigenvalue weighted by molar-refractivity contribution is -0.115. The second-order valence-electron chi connectivity index (χ2n) is 4.51. The van der Waals surface area contributed by atoms with Gasteiger partial charge in [-0.3, -0.25) is 4.79 Å². The van der Waals surface area contributed by atoms with Crippen LogP contribution in [0.25, 0.3) is 0 Å². The number of hydrogen-bond acceptors (Lipinski definition) is 3. The van der Waals surface area contributed by atoms with Gasteiger partial charge < -0.3 is 15.4 Å². The molecular weight excluding hydrogens is 228 g/mol. The standard InChI is InChI=1S/C14H20N2O2/c17-14(16-12-5-2-1-3-6-12)11-15-9-8-13-7-4-10-18-13/h1-3,5-6,13,15H,4,7-11H2,(H,16,17). The molecule has 0 saturated carbocycles. The fourth-order valence-electron chi connectivity index (χ4n) is 2.06. The third-order valence-corrected chi connectivity index (χ3v) is 3.01. The van der Waals surface area contributed by atoms with E-state index in [0.717, 1.165) is 31.7 Å². The smallest absolute Gasteiger partial charge is 0.238 e. The largest absolute Gasteiger partial charge is 0.378 e. The molecule has 1 fully saturated rings. The number of rotatable bonds is 6. The Bertz CT molecular complexity index is 361. The Morgan fingerprint density at radius 2 is 2.17 bits per heavy atom. The zero-order valence-electron chi connectivity index (χ0n) is 10.5. The Labute approximate surface area is 108 Å². The second kappa shape index (κ2) is 7.13. The highest BCUT2D eigenvalue weighted by Crippen LogP contribution is 2.14. The van der Waals surface area contributed by atoms with Gasteiger partial charge in [0.25, 0.3) is 0 Å². The van der Waals surface area contributed by atoms with Crippen LogP contribution in [0.3, 0.4) is 0 Å². The molecule has 2 rings (SSSR count). The summed E-state index contributed by atoms with van der Waals surface area (Å²) < 4.78 is 5.52. The molecule has 18 heavy (non-hydrogen) atoms. The number of benzene rings is 1. The molecule has 1 aliphatic heterocycles. The van der Waals surface area contributed by atoms with E-state index in [1.807, 2.05) is 30.3 Å². The number of amides is 1. The highest BCUT2D eigenvalue weighted by atomic mass is 16.5. The van der Waals surface area contributed by atoms with Crippen molar-refractivity contribution in [1.29, 1.82) is 0 Å². The maximum absolute atomic E-state index is 11.6. The van der Waals surface area contributed by atoms with E-state index in [4.69, 9.17) is 4.74 Å². The molecule has 1 saturated heterocycles. The molecule has 1 heterocycles. The molecule has 0 aliphatic carbocycles. The summed E-state index contributed by atoms with van der Waals surface area (Å²) >= 11 is 0. The number of ether oxygens (including phenoxy) is 1. The molecule has 1 atom stereocenters. The molecule has 4 nitrogen and oxygen atoms in total. The summed E-state index contributed by atoms with van der Waals surface area (Å²) in [5.41, 5.74) is 0.837. The highest BCUT2D eigenvalue weighted by Gasteiger charge is 2.14. The van der Waals surface area contributed by atoms with Crippen molar-refractivity contribution in [2.24, 2.45) is 0 Å². The van der Waals surface area contributed by atoms with Gasteiger partial charge in [-0.25, -0.2) is 0 Å². The summed E-state index contributed by atoms with van der Waals surface area (Å²) in [5.74, 6) is -0.00598. The minimum atomic E-state index is -0.00598. The van der Waals surface area contributed by atoms with Crippen LogP contribution in [0, 0.1) is 0 Å². The van der Waals surface area contributed by atoms with Crippen molar-refractivity contribution in [3.05, 3.63) is 30.3 Å². The van der Waals surface area contributed by atoms with Gasteiger partial charge in [-0.15, -0.1) is 0 Å². The minimum absolute atomic E-state index is 0.00598. The monoisotopic (exact) mass is 248 g/mol. The zero-order chi connectivity index (χ0) is 12.6. The first-order valence-electron chi connectivity index (χ1n) is 6.52. The van der Waals surface area contributed by atoms with Crippen LogP contribution in [0.4, 0.5) is 5.69 Å². The minimum Gasteiger partial charge on any atom is -0.378 e. The third kappa shape index (κ3) is 4.47. The number of carbonyl (C=O) groups excluding carboxylic acids is 1. The molecule has 0 aromatic heterocycles. The summed E-state index contributed by atoms with van der Waals surface area (Å²) in [6, 6.07) is 9.49. The van der Waals surface area contributed by atoms with Crippen molar-refractivity contribution in [3.8, 4) is 0 Å². The van der Waals surface area contributed by atoms with Gasteiger partial charge in [-0.1, -0.05) is 18.2 Å². The molecule has 98 valence electrons. The topological polar surface area (TPSA) is 50.4 Å². The summed E-state index contributed by atoms with van der Waals surface area (Å²) in [6.45, 7) is 2.06. The molecule has 1 unspecified atom stereocenters. The Morgan fingerprint density at radius 3 is 2.89 bits per heavy atom.